The van der Waals surface area contributed by atoms with Crippen LogP contribution in [-0.2, 0) is 11.3 Å². The topological polar surface area (TPSA) is 57.0 Å². The van der Waals surface area contributed by atoms with E-state index in [1.165, 1.54) is 0 Å². The van der Waals surface area contributed by atoms with Crippen LogP contribution in [0.15, 0.2) is 12.1 Å². The highest BCUT2D eigenvalue weighted by Gasteiger charge is 2.24. The van der Waals surface area contributed by atoms with Crippen LogP contribution < -0.4 is 15.2 Å². The Balaban J connectivity index is 1.79. The van der Waals surface area contributed by atoms with Crippen LogP contribution in [0.3, 0.4) is 0 Å². The number of benzene rings is 1. The van der Waals surface area contributed by atoms with Gasteiger partial charge in [-0.05, 0) is 25.5 Å². The molecule has 5 heteroatoms. The lowest BCUT2D eigenvalue weighted by molar-refractivity contribution is -0.0526. The Labute approximate surface area is 119 Å². The summed E-state index contributed by atoms with van der Waals surface area (Å²) in [5.41, 5.74) is 8.01. The molecule has 0 spiro atoms. The van der Waals surface area contributed by atoms with Crippen molar-refractivity contribution in [1.82, 2.24) is 4.90 Å². The van der Waals surface area contributed by atoms with Crippen LogP contribution in [0.5, 0.6) is 11.5 Å². The zero-order valence-electron chi connectivity index (χ0n) is 12.1. The van der Waals surface area contributed by atoms with Crippen molar-refractivity contribution in [2.45, 2.75) is 32.5 Å². The molecule has 0 saturated carbocycles. The fourth-order valence-electron chi connectivity index (χ4n) is 2.69. The second kappa shape index (κ2) is 5.50. The largest absolute Gasteiger partial charge is 0.486 e. The zero-order valence-corrected chi connectivity index (χ0v) is 12.1. The number of rotatable bonds is 2. The first kappa shape index (κ1) is 13.5. The summed E-state index contributed by atoms with van der Waals surface area (Å²) in [5.74, 6) is 1.55. The molecule has 0 aliphatic carbocycles. The van der Waals surface area contributed by atoms with Gasteiger partial charge in [0.1, 0.15) is 13.2 Å². The number of nitrogen functional groups attached to an aromatic ring is 1. The van der Waals surface area contributed by atoms with Crippen LogP contribution in [0.2, 0.25) is 0 Å². The Bertz CT molecular complexity index is 492. The van der Waals surface area contributed by atoms with Gasteiger partial charge in [0.15, 0.2) is 11.5 Å². The summed E-state index contributed by atoms with van der Waals surface area (Å²) in [6, 6.07) is 4.29. The normalized spacial score (nSPS) is 26.5. The van der Waals surface area contributed by atoms with E-state index in [2.05, 4.69) is 18.7 Å². The third kappa shape index (κ3) is 2.69. The van der Waals surface area contributed by atoms with Gasteiger partial charge in [0.25, 0.3) is 0 Å². The molecule has 1 aromatic carbocycles. The van der Waals surface area contributed by atoms with Crippen LogP contribution in [0.4, 0.5) is 5.69 Å². The van der Waals surface area contributed by atoms with E-state index < -0.39 is 0 Å². The first-order valence-electron chi connectivity index (χ1n) is 7.17. The lowest BCUT2D eigenvalue weighted by atomic mass is 10.1. The number of fused-ring (bicyclic) bond motifs is 1. The summed E-state index contributed by atoms with van der Waals surface area (Å²) in [7, 11) is 0. The summed E-state index contributed by atoms with van der Waals surface area (Å²) in [6.07, 6.45) is 0.268. The average Bonchev–Trinajstić information content (AvgIpc) is 2.43. The molecular formula is C15H22N2O3. The average molecular weight is 278 g/mol. The van der Waals surface area contributed by atoms with E-state index in [0.717, 1.165) is 42.4 Å². The molecule has 0 amide bonds. The van der Waals surface area contributed by atoms with E-state index in [9.17, 15) is 0 Å². The highest BCUT2D eigenvalue weighted by Crippen LogP contribution is 2.35. The zero-order chi connectivity index (χ0) is 14.1. The molecule has 2 aliphatic rings. The maximum Gasteiger partial charge on any atom is 0.163 e. The van der Waals surface area contributed by atoms with Gasteiger partial charge in [-0.2, -0.15) is 0 Å². The number of nitrogens with two attached hydrogens (primary N) is 1. The number of hydrogen-bond donors (Lipinski definition) is 1. The number of nitrogens with zero attached hydrogens (tertiary/aromatic N) is 1. The first-order chi connectivity index (χ1) is 9.63. The summed E-state index contributed by atoms with van der Waals surface area (Å²) in [4.78, 5) is 2.40. The van der Waals surface area contributed by atoms with Gasteiger partial charge in [0.05, 0.1) is 12.7 Å². The second-order valence-corrected chi connectivity index (χ2v) is 5.62. The molecule has 110 valence electrons. The van der Waals surface area contributed by atoms with E-state index >= 15 is 0 Å². The number of morpholine rings is 1. The molecule has 1 aromatic rings. The molecule has 20 heavy (non-hydrogen) atoms. The van der Waals surface area contributed by atoms with E-state index in [0.29, 0.717) is 19.3 Å². The molecule has 3 rings (SSSR count). The minimum absolute atomic E-state index is 0.268. The van der Waals surface area contributed by atoms with Crippen LogP contribution in [0.25, 0.3) is 0 Å². The van der Waals surface area contributed by atoms with Crippen LogP contribution in [-0.4, -0.2) is 43.4 Å². The number of hydrogen-bond acceptors (Lipinski definition) is 5. The van der Waals surface area contributed by atoms with Gasteiger partial charge in [-0.25, -0.2) is 0 Å². The number of anilines is 1. The molecule has 2 atom stereocenters. The molecule has 1 fully saturated rings. The fourth-order valence-corrected chi connectivity index (χ4v) is 2.69. The lowest BCUT2D eigenvalue weighted by Gasteiger charge is -2.37. The molecule has 2 N–H and O–H groups in total. The molecule has 5 nitrogen and oxygen atoms in total. The highest BCUT2D eigenvalue weighted by atomic mass is 16.6. The van der Waals surface area contributed by atoms with Gasteiger partial charge in [-0.1, -0.05) is 0 Å². The maximum atomic E-state index is 6.15. The minimum atomic E-state index is 0.268. The monoisotopic (exact) mass is 278 g/mol. The predicted octanol–water partition coefficient (Wildman–Crippen LogP) is 1.65. The van der Waals surface area contributed by atoms with Crippen molar-refractivity contribution in [3.63, 3.8) is 0 Å². The van der Waals surface area contributed by atoms with E-state index in [-0.39, 0.29) is 6.10 Å². The summed E-state index contributed by atoms with van der Waals surface area (Å²) >= 11 is 0. The molecule has 2 aliphatic heterocycles. The van der Waals surface area contributed by atoms with Crippen molar-refractivity contribution in [2.24, 2.45) is 0 Å². The first-order valence-corrected chi connectivity index (χ1v) is 7.17. The Morgan fingerprint density at radius 2 is 1.90 bits per heavy atom. The van der Waals surface area contributed by atoms with Crippen molar-refractivity contribution in [3.05, 3.63) is 17.7 Å². The fraction of sp³-hybridized carbons (Fsp3) is 0.600. The van der Waals surface area contributed by atoms with Crippen LogP contribution in [0.1, 0.15) is 19.4 Å². The predicted molar refractivity (Wildman–Crippen MR) is 77.1 cm³/mol. The van der Waals surface area contributed by atoms with Crippen LogP contribution >= 0.6 is 0 Å². The summed E-state index contributed by atoms with van der Waals surface area (Å²) < 4.78 is 16.8. The highest BCUT2D eigenvalue weighted by molar-refractivity contribution is 5.58. The van der Waals surface area contributed by atoms with Crippen molar-refractivity contribution >= 4 is 5.69 Å². The van der Waals surface area contributed by atoms with Gasteiger partial charge in [-0.15, -0.1) is 0 Å². The van der Waals surface area contributed by atoms with Crippen molar-refractivity contribution < 1.29 is 14.2 Å². The van der Waals surface area contributed by atoms with Crippen molar-refractivity contribution in [1.29, 1.82) is 0 Å². The Morgan fingerprint density at radius 3 is 2.65 bits per heavy atom. The minimum Gasteiger partial charge on any atom is -0.486 e. The molecular weight excluding hydrogens is 256 g/mol. The van der Waals surface area contributed by atoms with Crippen LogP contribution in [0, 0.1) is 0 Å². The third-order valence-corrected chi connectivity index (χ3v) is 3.91. The third-order valence-electron chi connectivity index (χ3n) is 3.91. The van der Waals surface area contributed by atoms with E-state index in [1.54, 1.807) is 0 Å². The Morgan fingerprint density at radius 1 is 1.20 bits per heavy atom. The van der Waals surface area contributed by atoms with E-state index in [4.69, 9.17) is 19.9 Å². The van der Waals surface area contributed by atoms with E-state index in [1.807, 2.05) is 12.1 Å². The van der Waals surface area contributed by atoms with Gasteiger partial charge in [0.2, 0.25) is 0 Å². The Kier molecular flexibility index (Phi) is 3.72. The number of ether oxygens (including phenoxy) is 3. The quantitative estimate of drug-likeness (QED) is 0.834. The van der Waals surface area contributed by atoms with Crippen molar-refractivity contribution in [3.8, 4) is 11.5 Å². The molecule has 0 aromatic heterocycles. The lowest BCUT2D eigenvalue weighted by Crippen LogP contribution is -2.46. The molecule has 2 heterocycles. The summed E-state index contributed by atoms with van der Waals surface area (Å²) in [6.45, 7) is 7.98. The van der Waals surface area contributed by atoms with Gasteiger partial charge < -0.3 is 19.9 Å². The molecule has 0 bridgehead atoms. The smallest absolute Gasteiger partial charge is 0.163 e. The summed E-state index contributed by atoms with van der Waals surface area (Å²) in [5, 5.41) is 0. The molecule has 1 saturated heterocycles. The Hall–Kier alpha value is -1.46. The van der Waals surface area contributed by atoms with Gasteiger partial charge in [0, 0.05) is 30.9 Å². The molecule has 0 radical (unpaired) electrons. The standard InChI is InChI=1S/C15H22N2O3/c1-10-9-20-11(2)7-17(10)8-12-5-14-15(6-13(12)16)19-4-3-18-14/h5-6,10-11H,3-4,7-9,16H2,1-2H3. The SMILES string of the molecule is CC1CN(Cc2cc3c(cc2N)OCCO3)C(C)CO1. The molecule has 2 unspecified atom stereocenters. The second-order valence-electron chi connectivity index (χ2n) is 5.62. The van der Waals surface area contributed by atoms with Gasteiger partial charge >= 0.3 is 0 Å². The van der Waals surface area contributed by atoms with Crippen molar-refractivity contribution in [2.75, 3.05) is 32.1 Å². The van der Waals surface area contributed by atoms with Gasteiger partial charge in [-0.3, -0.25) is 4.90 Å². The maximum absolute atomic E-state index is 6.15.